The molecule has 0 fully saturated rings. The Balaban J connectivity index is 2.03. The van der Waals surface area contributed by atoms with Gasteiger partial charge in [-0.15, -0.1) is 0 Å². The quantitative estimate of drug-likeness (QED) is 0.729. The van der Waals surface area contributed by atoms with Gasteiger partial charge in [0.05, 0.1) is 28.3 Å². The molecule has 5 nitrogen and oxygen atoms in total. The molecule has 7 heteroatoms. The predicted molar refractivity (Wildman–Crippen MR) is 75.6 cm³/mol. The van der Waals surface area contributed by atoms with Gasteiger partial charge in [-0.1, -0.05) is 11.6 Å². The molecule has 0 saturated carbocycles. The van der Waals surface area contributed by atoms with Crippen molar-refractivity contribution in [2.75, 3.05) is 0 Å². The monoisotopic (exact) mass is 303 g/mol. The van der Waals surface area contributed by atoms with Crippen molar-refractivity contribution in [3.63, 3.8) is 0 Å². The number of fused-ring (bicyclic) bond motifs is 1. The fourth-order valence-corrected chi connectivity index (χ4v) is 2.23. The molecule has 0 unspecified atom stereocenters. The maximum absolute atomic E-state index is 8.75. The van der Waals surface area contributed by atoms with Crippen LogP contribution in [-0.4, -0.2) is 19.5 Å². The maximum Gasteiger partial charge on any atom is 0.205 e. The molecule has 3 rings (SSSR count). The first-order valence-corrected chi connectivity index (χ1v) is 6.45. The van der Waals surface area contributed by atoms with Crippen LogP contribution in [-0.2, 0) is 6.54 Å². The lowest BCUT2D eigenvalue weighted by molar-refractivity contribution is 0.798. The first-order chi connectivity index (χ1) is 9.67. The van der Waals surface area contributed by atoms with E-state index in [9.17, 15) is 0 Å². The van der Waals surface area contributed by atoms with Crippen LogP contribution in [0.2, 0.25) is 10.3 Å². The molecule has 0 amide bonds. The van der Waals surface area contributed by atoms with Gasteiger partial charge in [-0.25, -0.2) is 4.98 Å². The van der Waals surface area contributed by atoms with E-state index < -0.39 is 0 Å². The van der Waals surface area contributed by atoms with Crippen molar-refractivity contribution >= 4 is 34.4 Å². The zero-order valence-electron chi connectivity index (χ0n) is 10.1. The summed E-state index contributed by atoms with van der Waals surface area (Å²) in [5.41, 5.74) is 2.56. The molecule has 0 saturated heterocycles. The van der Waals surface area contributed by atoms with Crippen LogP contribution in [0.1, 0.15) is 11.3 Å². The molecule has 3 aromatic rings. The van der Waals surface area contributed by atoms with Gasteiger partial charge in [-0.2, -0.15) is 10.2 Å². The van der Waals surface area contributed by atoms with Gasteiger partial charge in [0.1, 0.15) is 6.07 Å². The van der Waals surface area contributed by atoms with Gasteiger partial charge in [0.2, 0.25) is 5.28 Å². The highest BCUT2D eigenvalue weighted by molar-refractivity contribution is 6.31. The molecule has 3 heterocycles. The van der Waals surface area contributed by atoms with Gasteiger partial charge in [0.15, 0.2) is 5.65 Å². The Morgan fingerprint density at radius 3 is 2.75 bits per heavy atom. The lowest BCUT2D eigenvalue weighted by Gasteiger charge is -2.05. The van der Waals surface area contributed by atoms with E-state index in [1.165, 1.54) is 12.4 Å². The Labute approximate surface area is 124 Å². The van der Waals surface area contributed by atoms with Gasteiger partial charge < -0.3 is 4.57 Å². The molecular formula is C13H7Cl2N5. The average Bonchev–Trinajstić information content (AvgIpc) is 2.76. The number of pyridine rings is 2. The average molecular weight is 304 g/mol. The highest BCUT2D eigenvalue weighted by Crippen LogP contribution is 2.22. The Hall–Kier alpha value is -2.16. The third-order valence-electron chi connectivity index (χ3n) is 2.80. The molecule has 0 aliphatic rings. The first kappa shape index (κ1) is 12.9. The fourth-order valence-electron chi connectivity index (χ4n) is 1.85. The Morgan fingerprint density at radius 1 is 1.20 bits per heavy atom. The van der Waals surface area contributed by atoms with E-state index in [1.807, 2.05) is 6.07 Å². The zero-order valence-corrected chi connectivity index (χ0v) is 11.6. The summed E-state index contributed by atoms with van der Waals surface area (Å²) >= 11 is 12.1. The summed E-state index contributed by atoms with van der Waals surface area (Å²) in [6.45, 7) is 0.434. The molecule has 3 aromatic heterocycles. The lowest BCUT2D eigenvalue weighted by atomic mass is 10.2. The molecular weight excluding hydrogens is 297 g/mol. The summed E-state index contributed by atoms with van der Waals surface area (Å²) in [6.07, 6.45) is 3.05. The van der Waals surface area contributed by atoms with Crippen LogP contribution in [0.4, 0.5) is 0 Å². The van der Waals surface area contributed by atoms with E-state index in [0.717, 1.165) is 11.2 Å². The maximum atomic E-state index is 8.75. The van der Waals surface area contributed by atoms with E-state index in [0.29, 0.717) is 28.1 Å². The van der Waals surface area contributed by atoms with Crippen molar-refractivity contribution in [1.29, 1.82) is 5.26 Å². The second kappa shape index (κ2) is 5.08. The number of aromatic nitrogens is 4. The van der Waals surface area contributed by atoms with Crippen LogP contribution < -0.4 is 0 Å². The summed E-state index contributed by atoms with van der Waals surface area (Å²) in [5, 5.41) is 9.59. The van der Waals surface area contributed by atoms with Gasteiger partial charge >= 0.3 is 0 Å². The van der Waals surface area contributed by atoms with Crippen molar-refractivity contribution in [3.8, 4) is 6.07 Å². The number of rotatable bonds is 2. The van der Waals surface area contributed by atoms with Gasteiger partial charge in [0, 0.05) is 12.4 Å². The van der Waals surface area contributed by atoms with Crippen molar-refractivity contribution in [2.24, 2.45) is 0 Å². The number of hydrogen-bond acceptors (Lipinski definition) is 4. The summed E-state index contributed by atoms with van der Waals surface area (Å²) < 4.78 is 1.77. The Bertz CT molecular complexity index is 817. The molecule has 0 spiro atoms. The zero-order chi connectivity index (χ0) is 14.1. The number of nitrogens with zero attached hydrogens (tertiary/aromatic N) is 5. The molecule has 0 atom stereocenters. The molecule has 0 aliphatic carbocycles. The minimum atomic E-state index is 0.320. The van der Waals surface area contributed by atoms with Crippen LogP contribution in [0, 0.1) is 11.3 Å². The van der Waals surface area contributed by atoms with Gasteiger partial charge in [-0.05, 0) is 29.8 Å². The first-order valence-electron chi connectivity index (χ1n) is 5.69. The normalized spacial score (nSPS) is 10.7. The lowest BCUT2D eigenvalue weighted by Crippen LogP contribution is -2.02. The Morgan fingerprint density at radius 2 is 2.05 bits per heavy atom. The van der Waals surface area contributed by atoms with Gasteiger partial charge in [0.25, 0.3) is 0 Å². The Kier molecular flexibility index (Phi) is 3.26. The smallest absolute Gasteiger partial charge is 0.205 e. The fraction of sp³-hybridized carbons (Fsp3) is 0.0769. The summed E-state index contributed by atoms with van der Waals surface area (Å²) in [4.78, 5) is 12.5. The standard InChI is InChI=1S/C13H7Cl2N5/c14-9-3-11-12(18-6-9)19-13(15)20(11)7-10-2-1-8(4-16)5-17-10/h1-3,5-6H,7H2. The van der Waals surface area contributed by atoms with E-state index in [2.05, 4.69) is 15.0 Å². The molecule has 0 N–H and O–H groups in total. The number of imidazole rings is 1. The van der Waals surface area contributed by atoms with E-state index in [4.69, 9.17) is 28.5 Å². The largest absolute Gasteiger partial charge is 0.307 e. The topological polar surface area (TPSA) is 67.4 Å². The van der Waals surface area contributed by atoms with Crippen molar-refractivity contribution in [3.05, 3.63) is 52.2 Å². The predicted octanol–water partition coefficient (Wildman–Crippen LogP) is 3.05. The SMILES string of the molecule is N#Cc1ccc(Cn2c(Cl)nc3ncc(Cl)cc32)nc1. The van der Waals surface area contributed by atoms with Gasteiger partial charge in [-0.3, -0.25) is 4.98 Å². The highest BCUT2D eigenvalue weighted by Gasteiger charge is 2.11. The highest BCUT2D eigenvalue weighted by atomic mass is 35.5. The second-order valence-corrected chi connectivity index (χ2v) is 4.89. The molecule has 0 bridgehead atoms. The number of nitriles is 1. The molecule has 20 heavy (non-hydrogen) atoms. The third-order valence-corrected chi connectivity index (χ3v) is 3.29. The number of halogens is 2. The molecule has 98 valence electrons. The van der Waals surface area contributed by atoms with E-state index >= 15 is 0 Å². The van der Waals surface area contributed by atoms with E-state index in [-0.39, 0.29) is 0 Å². The van der Waals surface area contributed by atoms with Crippen LogP contribution in [0.25, 0.3) is 11.2 Å². The third kappa shape index (κ3) is 2.31. The van der Waals surface area contributed by atoms with Crippen LogP contribution in [0.5, 0.6) is 0 Å². The van der Waals surface area contributed by atoms with Crippen LogP contribution >= 0.6 is 23.2 Å². The summed E-state index contributed by atoms with van der Waals surface area (Å²) in [6, 6.07) is 7.27. The van der Waals surface area contributed by atoms with Crippen LogP contribution in [0.15, 0.2) is 30.6 Å². The minimum absolute atomic E-state index is 0.320. The minimum Gasteiger partial charge on any atom is -0.307 e. The molecule has 0 radical (unpaired) electrons. The summed E-state index contributed by atoms with van der Waals surface area (Å²) in [5.74, 6) is 0. The summed E-state index contributed by atoms with van der Waals surface area (Å²) in [7, 11) is 0. The molecule has 0 aliphatic heterocycles. The van der Waals surface area contributed by atoms with Crippen molar-refractivity contribution in [1.82, 2.24) is 19.5 Å². The van der Waals surface area contributed by atoms with Crippen molar-refractivity contribution in [2.45, 2.75) is 6.54 Å². The molecule has 0 aromatic carbocycles. The second-order valence-electron chi connectivity index (χ2n) is 4.11. The van der Waals surface area contributed by atoms with Crippen LogP contribution in [0.3, 0.4) is 0 Å². The van der Waals surface area contributed by atoms with E-state index in [1.54, 1.807) is 22.8 Å². The van der Waals surface area contributed by atoms with Crippen molar-refractivity contribution < 1.29 is 0 Å². The number of hydrogen-bond donors (Lipinski definition) is 0.